The molecule has 1 heterocycles. The van der Waals surface area contributed by atoms with Crippen LogP contribution >= 0.6 is 11.3 Å². The Kier molecular flexibility index (Phi) is 4.89. The molecule has 21 heavy (non-hydrogen) atoms. The Bertz CT molecular complexity index is 648. The third kappa shape index (κ3) is 4.57. The van der Waals surface area contributed by atoms with Crippen LogP contribution in [0.15, 0.2) is 34.7 Å². The SMILES string of the molecule is C/C(=N\NC(=O)CNc1ccc(C)cc1)c1csc(N)n1. The van der Waals surface area contributed by atoms with E-state index in [0.29, 0.717) is 16.5 Å². The second-order valence-corrected chi connectivity index (χ2v) is 5.41. The summed E-state index contributed by atoms with van der Waals surface area (Å²) >= 11 is 1.34. The Morgan fingerprint density at radius 3 is 2.71 bits per heavy atom. The van der Waals surface area contributed by atoms with E-state index in [1.165, 1.54) is 16.9 Å². The van der Waals surface area contributed by atoms with E-state index in [9.17, 15) is 4.79 Å². The number of aryl methyl sites for hydroxylation is 1. The van der Waals surface area contributed by atoms with Crippen LogP contribution in [0, 0.1) is 6.92 Å². The van der Waals surface area contributed by atoms with Crippen molar-refractivity contribution >= 4 is 33.8 Å². The standard InChI is InChI=1S/C14H17N5OS/c1-9-3-5-11(6-4-9)16-7-13(20)19-18-10(2)12-8-21-14(15)17-12/h3-6,8,16H,7H2,1-2H3,(H2,15,17)(H,19,20)/b18-10+. The van der Waals surface area contributed by atoms with Gasteiger partial charge in [-0.2, -0.15) is 5.10 Å². The van der Waals surface area contributed by atoms with Gasteiger partial charge < -0.3 is 11.1 Å². The normalized spacial score (nSPS) is 11.2. The van der Waals surface area contributed by atoms with Gasteiger partial charge in [0.1, 0.15) is 0 Å². The molecule has 0 bridgehead atoms. The summed E-state index contributed by atoms with van der Waals surface area (Å²) in [5.74, 6) is -0.224. The van der Waals surface area contributed by atoms with Gasteiger partial charge in [0.15, 0.2) is 5.13 Å². The molecule has 7 heteroatoms. The summed E-state index contributed by atoms with van der Waals surface area (Å²) in [5.41, 5.74) is 11.4. The van der Waals surface area contributed by atoms with Crippen LogP contribution in [0.3, 0.4) is 0 Å². The summed E-state index contributed by atoms with van der Waals surface area (Å²) in [4.78, 5) is 15.8. The van der Waals surface area contributed by atoms with Gasteiger partial charge >= 0.3 is 0 Å². The average molecular weight is 303 g/mol. The average Bonchev–Trinajstić information content (AvgIpc) is 2.91. The number of nitrogens with zero attached hydrogens (tertiary/aromatic N) is 2. The van der Waals surface area contributed by atoms with Gasteiger partial charge in [-0.3, -0.25) is 4.79 Å². The number of thiazole rings is 1. The maximum atomic E-state index is 11.7. The molecule has 0 saturated carbocycles. The van der Waals surface area contributed by atoms with Crippen molar-refractivity contribution in [3.05, 3.63) is 40.9 Å². The summed E-state index contributed by atoms with van der Waals surface area (Å²) in [6, 6.07) is 7.81. The number of hydrogen-bond acceptors (Lipinski definition) is 6. The van der Waals surface area contributed by atoms with Crippen molar-refractivity contribution in [3.8, 4) is 0 Å². The van der Waals surface area contributed by atoms with Gasteiger partial charge in [-0.1, -0.05) is 17.7 Å². The first-order valence-corrected chi connectivity index (χ1v) is 7.27. The van der Waals surface area contributed by atoms with Crippen molar-refractivity contribution in [1.82, 2.24) is 10.4 Å². The number of nitrogens with two attached hydrogens (primary N) is 1. The molecular formula is C14H17N5OS. The van der Waals surface area contributed by atoms with Crippen molar-refractivity contribution in [2.24, 2.45) is 5.10 Å². The summed E-state index contributed by atoms with van der Waals surface area (Å²) in [6.07, 6.45) is 0. The molecule has 2 rings (SSSR count). The van der Waals surface area contributed by atoms with Gasteiger partial charge in [-0.15, -0.1) is 11.3 Å². The predicted molar refractivity (Wildman–Crippen MR) is 86.5 cm³/mol. The molecule has 2 aromatic rings. The Morgan fingerprint density at radius 2 is 2.10 bits per heavy atom. The van der Waals surface area contributed by atoms with E-state index < -0.39 is 0 Å². The van der Waals surface area contributed by atoms with E-state index in [1.807, 2.05) is 31.2 Å². The molecule has 110 valence electrons. The topological polar surface area (TPSA) is 92.4 Å². The maximum absolute atomic E-state index is 11.7. The second kappa shape index (κ2) is 6.85. The molecule has 6 nitrogen and oxygen atoms in total. The molecule has 0 spiro atoms. The molecule has 0 fully saturated rings. The lowest BCUT2D eigenvalue weighted by molar-refractivity contribution is -0.119. The smallest absolute Gasteiger partial charge is 0.259 e. The molecule has 0 aliphatic rings. The highest BCUT2D eigenvalue weighted by atomic mass is 32.1. The number of hydrazone groups is 1. The number of aromatic nitrogens is 1. The van der Waals surface area contributed by atoms with E-state index in [4.69, 9.17) is 5.73 Å². The molecule has 0 atom stereocenters. The number of amides is 1. The molecule has 4 N–H and O–H groups in total. The van der Waals surface area contributed by atoms with E-state index in [0.717, 1.165) is 5.69 Å². The lowest BCUT2D eigenvalue weighted by atomic mass is 10.2. The molecule has 0 saturated heterocycles. The molecule has 0 aliphatic heterocycles. The van der Waals surface area contributed by atoms with Gasteiger partial charge in [-0.05, 0) is 26.0 Å². The van der Waals surface area contributed by atoms with Crippen molar-refractivity contribution in [3.63, 3.8) is 0 Å². The third-order valence-corrected chi connectivity index (χ3v) is 3.42. The van der Waals surface area contributed by atoms with Crippen LogP contribution in [-0.4, -0.2) is 23.1 Å². The molecule has 0 unspecified atom stereocenters. The maximum Gasteiger partial charge on any atom is 0.259 e. The molecule has 1 amide bonds. The largest absolute Gasteiger partial charge is 0.376 e. The van der Waals surface area contributed by atoms with Crippen LogP contribution < -0.4 is 16.5 Å². The number of nitrogens with one attached hydrogen (secondary N) is 2. The van der Waals surface area contributed by atoms with Crippen LogP contribution in [0.1, 0.15) is 18.2 Å². The van der Waals surface area contributed by atoms with Crippen LogP contribution in [0.2, 0.25) is 0 Å². The highest BCUT2D eigenvalue weighted by Crippen LogP contribution is 2.11. The number of carbonyl (C=O) groups excluding carboxylic acids is 1. The van der Waals surface area contributed by atoms with E-state index in [2.05, 4.69) is 20.8 Å². The highest BCUT2D eigenvalue weighted by molar-refractivity contribution is 7.13. The second-order valence-electron chi connectivity index (χ2n) is 4.52. The van der Waals surface area contributed by atoms with Crippen molar-refractivity contribution in [1.29, 1.82) is 0 Å². The van der Waals surface area contributed by atoms with Crippen LogP contribution in [0.4, 0.5) is 10.8 Å². The third-order valence-electron chi connectivity index (χ3n) is 2.75. The summed E-state index contributed by atoms with van der Waals surface area (Å²) in [5, 5.41) is 9.30. The molecule has 0 aliphatic carbocycles. The number of hydrogen-bond donors (Lipinski definition) is 3. The van der Waals surface area contributed by atoms with Gasteiger partial charge in [0.05, 0.1) is 18.0 Å². The van der Waals surface area contributed by atoms with Crippen LogP contribution in [0.25, 0.3) is 0 Å². The first-order valence-electron chi connectivity index (χ1n) is 6.39. The highest BCUT2D eigenvalue weighted by Gasteiger charge is 2.04. The number of benzene rings is 1. The van der Waals surface area contributed by atoms with Crippen molar-refractivity contribution in [2.75, 3.05) is 17.6 Å². The zero-order valence-electron chi connectivity index (χ0n) is 11.9. The van der Waals surface area contributed by atoms with Crippen molar-refractivity contribution < 1.29 is 4.79 Å². The minimum absolute atomic E-state index is 0.152. The first-order chi connectivity index (χ1) is 10.0. The van der Waals surface area contributed by atoms with Gasteiger partial charge in [-0.25, -0.2) is 10.4 Å². The van der Waals surface area contributed by atoms with Gasteiger partial charge in [0.2, 0.25) is 0 Å². The monoisotopic (exact) mass is 303 g/mol. The molecular weight excluding hydrogens is 286 g/mol. The van der Waals surface area contributed by atoms with E-state index in [-0.39, 0.29) is 12.5 Å². The Balaban J connectivity index is 1.83. The fourth-order valence-electron chi connectivity index (χ4n) is 1.55. The fourth-order valence-corrected chi connectivity index (χ4v) is 2.16. The van der Waals surface area contributed by atoms with Gasteiger partial charge in [0.25, 0.3) is 5.91 Å². The van der Waals surface area contributed by atoms with Crippen LogP contribution in [-0.2, 0) is 4.79 Å². The molecule has 0 radical (unpaired) electrons. The number of nitrogen functional groups attached to an aromatic ring is 1. The summed E-state index contributed by atoms with van der Waals surface area (Å²) in [7, 11) is 0. The minimum Gasteiger partial charge on any atom is -0.376 e. The zero-order valence-corrected chi connectivity index (χ0v) is 12.7. The fraction of sp³-hybridized carbons (Fsp3) is 0.214. The number of anilines is 2. The predicted octanol–water partition coefficient (Wildman–Crippen LogP) is 1.99. The number of rotatable bonds is 5. The quantitative estimate of drug-likeness (QED) is 0.582. The first kappa shape index (κ1) is 15.0. The van der Waals surface area contributed by atoms with Crippen LogP contribution in [0.5, 0.6) is 0 Å². The summed E-state index contributed by atoms with van der Waals surface area (Å²) < 4.78 is 0. The van der Waals surface area contributed by atoms with Crippen molar-refractivity contribution in [2.45, 2.75) is 13.8 Å². The molecule has 1 aromatic heterocycles. The lowest BCUT2D eigenvalue weighted by Gasteiger charge is -2.05. The lowest BCUT2D eigenvalue weighted by Crippen LogP contribution is -2.26. The minimum atomic E-state index is -0.224. The van der Waals surface area contributed by atoms with E-state index >= 15 is 0 Å². The summed E-state index contributed by atoms with van der Waals surface area (Å²) in [6.45, 7) is 3.93. The van der Waals surface area contributed by atoms with Gasteiger partial charge in [0, 0.05) is 11.1 Å². The van der Waals surface area contributed by atoms with E-state index in [1.54, 1.807) is 12.3 Å². The Labute approximate surface area is 127 Å². The zero-order chi connectivity index (χ0) is 15.2. The Morgan fingerprint density at radius 1 is 1.38 bits per heavy atom. The Hall–Kier alpha value is -2.41. The number of carbonyl (C=O) groups is 1. The molecule has 1 aromatic carbocycles.